The summed E-state index contributed by atoms with van der Waals surface area (Å²) in [5.74, 6) is -0.883. The molecule has 104 valence electrons. The van der Waals surface area contributed by atoms with Crippen molar-refractivity contribution in [1.29, 1.82) is 0 Å². The predicted molar refractivity (Wildman–Crippen MR) is 68.2 cm³/mol. The zero-order valence-electron chi connectivity index (χ0n) is 11.1. The number of carboxylic acids is 1. The molecule has 1 heterocycles. The molecule has 0 spiro atoms. The molecule has 1 fully saturated rings. The van der Waals surface area contributed by atoms with Crippen LogP contribution in [0.4, 0.5) is 4.79 Å². The molecule has 18 heavy (non-hydrogen) atoms. The van der Waals surface area contributed by atoms with Crippen LogP contribution in [0.2, 0.25) is 0 Å². The maximum Gasteiger partial charge on any atom is 0.317 e. The minimum Gasteiger partial charge on any atom is -0.481 e. The van der Waals surface area contributed by atoms with Crippen molar-refractivity contribution >= 4 is 12.0 Å². The van der Waals surface area contributed by atoms with Gasteiger partial charge in [-0.25, -0.2) is 4.79 Å². The Morgan fingerprint density at radius 1 is 1.44 bits per heavy atom. The molecule has 1 unspecified atom stereocenters. The summed E-state index contributed by atoms with van der Waals surface area (Å²) in [6, 6.07) is -0.0168. The summed E-state index contributed by atoms with van der Waals surface area (Å²) >= 11 is 0. The van der Waals surface area contributed by atoms with E-state index in [4.69, 9.17) is 10.8 Å². The number of hydrogen-bond donors (Lipinski definition) is 3. The van der Waals surface area contributed by atoms with Crippen LogP contribution in [0, 0.1) is 5.41 Å². The molecule has 0 aliphatic carbocycles. The molecule has 1 aliphatic rings. The molecule has 1 rings (SSSR count). The quantitative estimate of drug-likeness (QED) is 0.688. The van der Waals surface area contributed by atoms with E-state index in [1.165, 1.54) is 0 Å². The Bertz CT molecular complexity index is 314. The normalized spacial score (nSPS) is 20.3. The monoisotopic (exact) mass is 257 g/mol. The first-order valence-corrected chi connectivity index (χ1v) is 6.41. The van der Waals surface area contributed by atoms with Gasteiger partial charge in [-0.2, -0.15) is 0 Å². The highest BCUT2D eigenvalue weighted by atomic mass is 16.4. The molecule has 0 aromatic rings. The molecular formula is C12H23N3O3. The van der Waals surface area contributed by atoms with Crippen molar-refractivity contribution in [2.24, 2.45) is 11.1 Å². The lowest BCUT2D eigenvalue weighted by Crippen LogP contribution is -2.50. The Balaban J connectivity index is 2.43. The number of nitrogens with two attached hydrogens (primary N) is 1. The van der Waals surface area contributed by atoms with E-state index in [-0.39, 0.29) is 18.6 Å². The second-order valence-electron chi connectivity index (χ2n) is 5.20. The number of nitrogens with zero attached hydrogens (tertiary/aromatic N) is 1. The van der Waals surface area contributed by atoms with Crippen molar-refractivity contribution in [2.75, 3.05) is 19.6 Å². The van der Waals surface area contributed by atoms with Crippen molar-refractivity contribution in [3.05, 3.63) is 0 Å². The summed E-state index contributed by atoms with van der Waals surface area (Å²) in [4.78, 5) is 24.7. The van der Waals surface area contributed by atoms with E-state index in [0.717, 1.165) is 12.8 Å². The number of nitrogens with one attached hydrogen (secondary N) is 1. The van der Waals surface area contributed by atoms with E-state index >= 15 is 0 Å². The molecule has 1 atom stereocenters. The number of carboxylic acid groups (broad SMARTS) is 1. The third kappa shape index (κ3) is 3.60. The maximum atomic E-state index is 11.9. The van der Waals surface area contributed by atoms with Gasteiger partial charge in [0.15, 0.2) is 0 Å². The van der Waals surface area contributed by atoms with Gasteiger partial charge in [-0.3, -0.25) is 4.79 Å². The summed E-state index contributed by atoms with van der Waals surface area (Å²) in [5.41, 5.74) is 4.86. The topological polar surface area (TPSA) is 95.7 Å². The maximum absolute atomic E-state index is 11.9. The summed E-state index contributed by atoms with van der Waals surface area (Å²) in [5, 5.41) is 11.8. The Morgan fingerprint density at radius 3 is 2.44 bits per heavy atom. The first-order valence-electron chi connectivity index (χ1n) is 6.41. The van der Waals surface area contributed by atoms with Crippen LogP contribution < -0.4 is 11.1 Å². The number of hydrogen-bond acceptors (Lipinski definition) is 3. The highest BCUT2D eigenvalue weighted by Gasteiger charge is 2.32. The molecule has 1 aliphatic heterocycles. The van der Waals surface area contributed by atoms with Crippen molar-refractivity contribution in [3.63, 3.8) is 0 Å². The second-order valence-corrected chi connectivity index (χ2v) is 5.20. The van der Waals surface area contributed by atoms with Gasteiger partial charge in [0.25, 0.3) is 0 Å². The van der Waals surface area contributed by atoms with Gasteiger partial charge in [-0.1, -0.05) is 6.92 Å². The third-order valence-corrected chi connectivity index (χ3v) is 3.75. The Kier molecular flexibility index (Phi) is 4.95. The van der Waals surface area contributed by atoms with Crippen molar-refractivity contribution in [2.45, 2.75) is 39.2 Å². The lowest BCUT2D eigenvalue weighted by Gasteiger charge is -2.31. The Morgan fingerprint density at radius 2 is 2.00 bits per heavy atom. The summed E-state index contributed by atoms with van der Waals surface area (Å²) < 4.78 is 0. The van der Waals surface area contributed by atoms with Crippen LogP contribution in [0.5, 0.6) is 0 Å². The summed E-state index contributed by atoms with van der Waals surface area (Å²) in [6.45, 7) is 4.88. The van der Waals surface area contributed by atoms with Gasteiger partial charge < -0.3 is 21.1 Å². The standard InChI is InChI=1S/C12H23N3O3/c1-3-12(2,10(16)17)8-14-11(18)15-6-4-9(13)5-7-15/h9H,3-8,13H2,1-2H3,(H,14,18)(H,16,17). The van der Waals surface area contributed by atoms with Gasteiger partial charge in [-0.05, 0) is 26.2 Å². The molecule has 2 amide bonds. The SMILES string of the molecule is CCC(C)(CNC(=O)N1CCC(N)CC1)C(=O)O. The number of aliphatic carboxylic acids is 1. The number of rotatable bonds is 4. The van der Waals surface area contributed by atoms with E-state index in [9.17, 15) is 9.59 Å². The number of carbonyl (C=O) groups excluding carboxylic acids is 1. The highest BCUT2D eigenvalue weighted by molar-refractivity contribution is 5.77. The van der Waals surface area contributed by atoms with Crippen LogP contribution in [0.25, 0.3) is 0 Å². The van der Waals surface area contributed by atoms with E-state index in [2.05, 4.69) is 5.32 Å². The molecule has 0 aromatic heterocycles. The summed E-state index contributed by atoms with van der Waals surface area (Å²) in [7, 11) is 0. The van der Waals surface area contributed by atoms with Gasteiger partial charge in [0.1, 0.15) is 0 Å². The number of amides is 2. The molecule has 6 nitrogen and oxygen atoms in total. The fourth-order valence-electron chi connectivity index (χ4n) is 1.84. The molecule has 0 bridgehead atoms. The predicted octanol–water partition coefficient (Wildman–Crippen LogP) is 0.620. The van der Waals surface area contributed by atoms with Gasteiger partial charge in [0, 0.05) is 25.7 Å². The zero-order valence-corrected chi connectivity index (χ0v) is 11.1. The average molecular weight is 257 g/mol. The largest absolute Gasteiger partial charge is 0.481 e. The number of piperidine rings is 1. The number of likely N-dealkylation sites (tertiary alicyclic amines) is 1. The van der Waals surface area contributed by atoms with E-state index in [1.807, 2.05) is 0 Å². The molecular weight excluding hydrogens is 234 g/mol. The van der Waals surface area contributed by atoms with Gasteiger partial charge in [0.05, 0.1) is 5.41 Å². The van der Waals surface area contributed by atoms with Crippen molar-refractivity contribution in [3.8, 4) is 0 Å². The van der Waals surface area contributed by atoms with Crippen LogP contribution in [0.1, 0.15) is 33.1 Å². The van der Waals surface area contributed by atoms with Crippen LogP contribution in [0.15, 0.2) is 0 Å². The van der Waals surface area contributed by atoms with Crippen LogP contribution in [0.3, 0.4) is 0 Å². The molecule has 6 heteroatoms. The Hall–Kier alpha value is -1.30. The lowest BCUT2D eigenvalue weighted by molar-refractivity contribution is -0.147. The van der Waals surface area contributed by atoms with Crippen molar-refractivity contribution in [1.82, 2.24) is 10.2 Å². The minimum atomic E-state index is -0.901. The van der Waals surface area contributed by atoms with Crippen LogP contribution in [-0.4, -0.2) is 47.7 Å². The van der Waals surface area contributed by atoms with Crippen molar-refractivity contribution < 1.29 is 14.7 Å². The first-order chi connectivity index (χ1) is 8.39. The molecule has 0 saturated carbocycles. The molecule has 0 radical (unpaired) electrons. The second kappa shape index (κ2) is 6.04. The van der Waals surface area contributed by atoms with Crippen LogP contribution >= 0.6 is 0 Å². The average Bonchev–Trinajstić information content (AvgIpc) is 2.36. The molecule has 4 N–H and O–H groups in total. The number of carbonyl (C=O) groups is 2. The van der Waals surface area contributed by atoms with Gasteiger partial charge in [-0.15, -0.1) is 0 Å². The first kappa shape index (κ1) is 14.8. The fourth-order valence-corrected chi connectivity index (χ4v) is 1.84. The lowest BCUT2D eigenvalue weighted by atomic mass is 9.88. The van der Waals surface area contributed by atoms with Gasteiger partial charge in [0.2, 0.25) is 0 Å². The highest BCUT2D eigenvalue weighted by Crippen LogP contribution is 2.20. The van der Waals surface area contributed by atoms with E-state index in [0.29, 0.717) is 19.5 Å². The zero-order chi connectivity index (χ0) is 13.8. The smallest absolute Gasteiger partial charge is 0.317 e. The summed E-state index contributed by atoms with van der Waals surface area (Å²) in [6.07, 6.45) is 2.09. The molecule has 1 saturated heterocycles. The molecule has 0 aromatic carbocycles. The van der Waals surface area contributed by atoms with Gasteiger partial charge >= 0.3 is 12.0 Å². The fraction of sp³-hybridized carbons (Fsp3) is 0.833. The van der Waals surface area contributed by atoms with Crippen LogP contribution in [-0.2, 0) is 4.79 Å². The Labute approximate surface area is 108 Å². The van der Waals surface area contributed by atoms with E-state index < -0.39 is 11.4 Å². The minimum absolute atomic E-state index is 0.153. The third-order valence-electron chi connectivity index (χ3n) is 3.75. The number of urea groups is 1. The van der Waals surface area contributed by atoms with E-state index in [1.54, 1.807) is 18.7 Å².